The van der Waals surface area contributed by atoms with Crippen LogP contribution >= 0.6 is 0 Å². The summed E-state index contributed by atoms with van der Waals surface area (Å²) in [7, 11) is 0. The lowest BCUT2D eigenvalue weighted by molar-refractivity contribution is -0.0243. The molecule has 3 rings (SSSR count). The Labute approximate surface area is 127 Å². The Kier molecular flexibility index (Phi) is 3.99. The number of hydrogen-bond acceptors (Lipinski definition) is 2. The van der Waals surface area contributed by atoms with Crippen LogP contribution in [0.1, 0.15) is 51.5 Å². The average Bonchev–Trinajstić information content (AvgIpc) is 2.46. The number of nitrogens with zero attached hydrogens (tertiary/aromatic N) is 1. The van der Waals surface area contributed by atoms with Crippen molar-refractivity contribution in [2.45, 2.75) is 51.6 Å². The monoisotopic (exact) mass is 283 g/mol. The Morgan fingerprint density at radius 1 is 1.33 bits per heavy atom. The van der Waals surface area contributed by atoms with Crippen molar-refractivity contribution in [1.29, 1.82) is 0 Å². The van der Waals surface area contributed by atoms with E-state index in [0.717, 1.165) is 35.7 Å². The van der Waals surface area contributed by atoms with E-state index in [4.69, 9.17) is 0 Å². The van der Waals surface area contributed by atoms with E-state index in [0.29, 0.717) is 11.8 Å². The summed E-state index contributed by atoms with van der Waals surface area (Å²) in [5.41, 5.74) is 1.41. The van der Waals surface area contributed by atoms with Crippen molar-refractivity contribution in [3.63, 3.8) is 0 Å². The largest absolute Gasteiger partial charge is 0.385 e. The molecular weight excluding hydrogens is 258 g/mol. The molecule has 112 valence electrons. The molecule has 1 aromatic heterocycles. The summed E-state index contributed by atoms with van der Waals surface area (Å²) in [4.78, 5) is 4.36. The first-order valence-electron chi connectivity index (χ1n) is 8.14. The van der Waals surface area contributed by atoms with Crippen molar-refractivity contribution in [2.75, 3.05) is 0 Å². The molecule has 2 heteroatoms. The van der Waals surface area contributed by atoms with E-state index in [1.54, 1.807) is 0 Å². The fourth-order valence-corrected chi connectivity index (χ4v) is 3.86. The number of aliphatic hydroxyl groups is 1. The van der Waals surface area contributed by atoms with Gasteiger partial charge in [0.2, 0.25) is 0 Å². The lowest BCUT2D eigenvalue weighted by Gasteiger charge is -2.38. The minimum atomic E-state index is -0.651. The molecule has 2 nitrogen and oxygen atoms in total. The first-order chi connectivity index (χ1) is 10.1. The van der Waals surface area contributed by atoms with Crippen LogP contribution in [-0.2, 0) is 5.60 Å². The highest BCUT2D eigenvalue weighted by Gasteiger charge is 2.36. The van der Waals surface area contributed by atoms with Crippen LogP contribution in [0, 0.1) is 11.8 Å². The summed E-state index contributed by atoms with van der Waals surface area (Å²) in [6.45, 7) is 4.55. The maximum absolute atomic E-state index is 11.2. The van der Waals surface area contributed by atoms with E-state index < -0.39 is 5.60 Å². The fraction of sp³-hybridized carbons (Fsp3) is 0.526. The van der Waals surface area contributed by atoms with E-state index in [1.807, 2.05) is 18.3 Å². The van der Waals surface area contributed by atoms with E-state index in [9.17, 15) is 5.11 Å². The third kappa shape index (κ3) is 3.11. The van der Waals surface area contributed by atoms with Gasteiger partial charge in [0.05, 0.1) is 11.1 Å². The summed E-state index contributed by atoms with van der Waals surface area (Å²) in [6.07, 6.45) is 7.20. The smallest absolute Gasteiger partial charge is 0.0899 e. The van der Waals surface area contributed by atoms with Crippen molar-refractivity contribution >= 4 is 10.9 Å². The molecule has 1 aliphatic carbocycles. The van der Waals surface area contributed by atoms with Gasteiger partial charge in [-0.3, -0.25) is 4.98 Å². The summed E-state index contributed by atoms with van der Waals surface area (Å²) in [5.74, 6) is 1.35. The number of pyridine rings is 1. The highest BCUT2D eigenvalue weighted by atomic mass is 16.3. The van der Waals surface area contributed by atoms with E-state index in [2.05, 4.69) is 37.0 Å². The normalized spacial score (nSPS) is 26.4. The van der Waals surface area contributed by atoms with Gasteiger partial charge in [-0.2, -0.15) is 0 Å². The molecular formula is C19H25NO. The van der Waals surface area contributed by atoms with Gasteiger partial charge in [-0.25, -0.2) is 0 Å². The second-order valence-corrected chi connectivity index (χ2v) is 7.03. The van der Waals surface area contributed by atoms with Crippen molar-refractivity contribution in [1.82, 2.24) is 4.98 Å². The molecule has 2 aromatic rings. The maximum Gasteiger partial charge on any atom is 0.0899 e. The molecule has 1 aromatic carbocycles. The molecule has 1 saturated carbocycles. The maximum atomic E-state index is 11.2. The predicted molar refractivity (Wildman–Crippen MR) is 87.1 cm³/mol. The van der Waals surface area contributed by atoms with Crippen LogP contribution < -0.4 is 0 Å². The third-order valence-corrected chi connectivity index (χ3v) is 4.77. The Morgan fingerprint density at radius 3 is 3.00 bits per heavy atom. The topological polar surface area (TPSA) is 33.1 Å². The molecule has 0 radical (unpaired) electrons. The standard InChI is InChI=1S/C19H25NO/c1-14(2)11-15-5-3-9-19(21,13-15)17-7-8-18-16(12-17)6-4-10-20-18/h4,6-8,10,12,14-15,21H,3,5,9,11,13H2,1-2H3. The first-order valence-corrected chi connectivity index (χ1v) is 8.14. The molecule has 21 heavy (non-hydrogen) atoms. The first kappa shape index (κ1) is 14.5. The second-order valence-electron chi connectivity index (χ2n) is 7.03. The van der Waals surface area contributed by atoms with Crippen LogP contribution in [0.25, 0.3) is 10.9 Å². The number of aromatic nitrogens is 1. The Bertz CT molecular complexity index is 622. The van der Waals surface area contributed by atoms with Crippen LogP contribution in [-0.4, -0.2) is 10.1 Å². The molecule has 1 aliphatic rings. The highest BCUT2D eigenvalue weighted by Crippen LogP contribution is 2.42. The molecule has 2 atom stereocenters. The van der Waals surface area contributed by atoms with Gasteiger partial charge in [-0.1, -0.05) is 32.4 Å². The summed E-state index contributed by atoms with van der Waals surface area (Å²) < 4.78 is 0. The van der Waals surface area contributed by atoms with E-state index >= 15 is 0 Å². The SMILES string of the molecule is CC(C)CC1CCCC(O)(c2ccc3ncccc3c2)C1. The van der Waals surface area contributed by atoms with E-state index in [1.165, 1.54) is 12.8 Å². The fourth-order valence-electron chi connectivity index (χ4n) is 3.86. The summed E-state index contributed by atoms with van der Waals surface area (Å²) in [6, 6.07) is 10.3. The lowest BCUT2D eigenvalue weighted by atomic mass is 9.72. The van der Waals surface area contributed by atoms with Gasteiger partial charge >= 0.3 is 0 Å². The van der Waals surface area contributed by atoms with Crippen LogP contribution in [0.3, 0.4) is 0 Å². The average molecular weight is 283 g/mol. The molecule has 0 amide bonds. The van der Waals surface area contributed by atoms with Crippen molar-refractivity contribution in [3.8, 4) is 0 Å². The zero-order chi connectivity index (χ0) is 14.9. The van der Waals surface area contributed by atoms with Gasteiger partial charge in [-0.05, 0) is 61.3 Å². The molecule has 0 bridgehead atoms. The number of rotatable bonds is 3. The predicted octanol–water partition coefficient (Wildman–Crippen LogP) is 4.66. The third-order valence-electron chi connectivity index (χ3n) is 4.77. The van der Waals surface area contributed by atoms with Gasteiger partial charge < -0.3 is 5.11 Å². The Balaban J connectivity index is 1.88. The number of hydrogen-bond donors (Lipinski definition) is 1. The van der Waals surface area contributed by atoms with Crippen molar-refractivity contribution in [2.24, 2.45) is 11.8 Å². The Morgan fingerprint density at radius 2 is 2.19 bits per heavy atom. The second kappa shape index (κ2) is 5.76. The highest BCUT2D eigenvalue weighted by molar-refractivity contribution is 5.79. The zero-order valence-electron chi connectivity index (χ0n) is 13.0. The quantitative estimate of drug-likeness (QED) is 0.888. The van der Waals surface area contributed by atoms with Gasteiger partial charge in [0, 0.05) is 11.6 Å². The number of benzene rings is 1. The molecule has 1 fully saturated rings. The van der Waals surface area contributed by atoms with Crippen molar-refractivity contribution < 1.29 is 5.11 Å². The van der Waals surface area contributed by atoms with Gasteiger partial charge in [0.1, 0.15) is 0 Å². The summed E-state index contributed by atoms with van der Waals surface area (Å²) in [5, 5.41) is 12.3. The zero-order valence-corrected chi connectivity index (χ0v) is 13.0. The van der Waals surface area contributed by atoms with Gasteiger partial charge in [-0.15, -0.1) is 0 Å². The molecule has 0 saturated heterocycles. The molecule has 2 unspecified atom stereocenters. The van der Waals surface area contributed by atoms with Crippen molar-refractivity contribution in [3.05, 3.63) is 42.1 Å². The van der Waals surface area contributed by atoms with Crippen LogP contribution in [0.5, 0.6) is 0 Å². The summed E-state index contributed by atoms with van der Waals surface area (Å²) >= 11 is 0. The molecule has 0 aliphatic heterocycles. The molecule has 0 spiro atoms. The minimum absolute atomic E-state index is 0.647. The lowest BCUT2D eigenvalue weighted by Crippen LogP contribution is -2.33. The molecule has 1 N–H and O–H groups in total. The van der Waals surface area contributed by atoms with Crippen LogP contribution in [0.4, 0.5) is 0 Å². The minimum Gasteiger partial charge on any atom is -0.385 e. The number of fused-ring (bicyclic) bond motifs is 1. The van der Waals surface area contributed by atoms with Gasteiger partial charge in [0.15, 0.2) is 0 Å². The molecule has 1 heterocycles. The van der Waals surface area contributed by atoms with Crippen LogP contribution in [0.2, 0.25) is 0 Å². The Hall–Kier alpha value is -1.41. The van der Waals surface area contributed by atoms with Crippen LogP contribution in [0.15, 0.2) is 36.5 Å². The van der Waals surface area contributed by atoms with E-state index in [-0.39, 0.29) is 0 Å². The van der Waals surface area contributed by atoms with Gasteiger partial charge in [0.25, 0.3) is 0 Å².